The topological polar surface area (TPSA) is 8.81 Å². The Morgan fingerprint density at radius 1 is 0.571 bits per heavy atom. The summed E-state index contributed by atoms with van der Waals surface area (Å²) in [5.74, 6) is 1.90. The van der Waals surface area contributed by atoms with E-state index in [1.807, 2.05) is 0 Å². The fourth-order valence-electron chi connectivity index (χ4n) is 6.29. The highest BCUT2D eigenvalue weighted by Crippen LogP contribution is 2.40. The zero-order valence-electron chi connectivity index (χ0n) is 25.9. The van der Waals surface area contributed by atoms with Gasteiger partial charge < -0.3 is 0 Å². The standard InChI is InChI=1S/C40H41N2/c1-26(2)34-24-33(31-16-12-9-13-17-31)25-35(27(3)4)39(34)42-38-22-28(5)18-21-37(38)41(7)40(42)36-23-32(20-19-29(36)6)30-14-10-8-11-15-30/h8-27H,1-7H3/q+1. The van der Waals surface area contributed by atoms with Crippen molar-refractivity contribution in [2.45, 2.75) is 53.4 Å². The molecule has 0 aliphatic heterocycles. The van der Waals surface area contributed by atoms with Gasteiger partial charge >= 0.3 is 0 Å². The number of fused-ring (bicyclic) bond motifs is 1. The Hall–Kier alpha value is -4.43. The Labute approximate surface area is 250 Å². The average molecular weight is 550 g/mol. The number of nitrogens with zero attached hydrogens (tertiary/aromatic N) is 2. The first-order chi connectivity index (χ1) is 20.2. The first-order valence-corrected chi connectivity index (χ1v) is 15.2. The Morgan fingerprint density at radius 2 is 1.14 bits per heavy atom. The SMILES string of the molecule is Cc1ccc2c(c1)n(-c1c(C(C)C)cc(-c3ccccc3)cc1C(C)C)c(-c1cc(-c3ccccc3)ccc1C)[n+]2C. The zero-order valence-corrected chi connectivity index (χ0v) is 25.9. The van der Waals surface area contributed by atoms with Crippen molar-refractivity contribution in [1.82, 2.24) is 4.57 Å². The molecule has 5 aromatic carbocycles. The lowest BCUT2D eigenvalue weighted by atomic mass is 9.88. The van der Waals surface area contributed by atoms with Gasteiger partial charge in [0.2, 0.25) is 0 Å². The molecule has 0 amide bonds. The smallest absolute Gasteiger partial charge is 0.225 e. The summed E-state index contributed by atoms with van der Waals surface area (Å²) in [5, 5.41) is 0. The minimum atomic E-state index is 0.346. The minimum absolute atomic E-state index is 0.346. The summed E-state index contributed by atoms with van der Waals surface area (Å²) < 4.78 is 4.96. The third-order valence-corrected chi connectivity index (χ3v) is 8.59. The molecule has 42 heavy (non-hydrogen) atoms. The molecule has 0 atom stereocenters. The van der Waals surface area contributed by atoms with Crippen LogP contribution in [0.5, 0.6) is 0 Å². The molecule has 1 aromatic heterocycles. The molecule has 0 spiro atoms. The number of aromatic nitrogens is 2. The molecule has 0 N–H and O–H groups in total. The summed E-state index contributed by atoms with van der Waals surface area (Å²) in [7, 11) is 2.22. The molecule has 2 heteroatoms. The van der Waals surface area contributed by atoms with Crippen LogP contribution in [0, 0.1) is 13.8 Å². The van der Waals surface area contributed by atoms with Crippen LogP contribution in [0.15, 0.2) is 109 Å². The average Bonchev–Trinajstić information content (AvgIpc) is 3.28. The van der Waals surface area contributed by atoms with Gasteiger partial charge in [-0.05, 0) is 89.4 Å². The van der Waals surface area contributed by atoms with Crippen molar-refractivity contribution in [3.05, 3.63) is 131 Å². The highest BCUT2D eigenvalue weighted by atomic mass is 15.2. The molecule has 0 aliphatic carbocycles. The van der Waals surface area contributed by atoms with Gasteiger partial charge in [-0.25, -0.2) is 4.57 Å². The lowest BCUT2D eigenvalue weighted by molar-refractivity contribution is -0.633. The van der Waals surface area contributed by atoms with Gasteiger partial charge in [-0.15, -0.1) is 0 Å². The normalized spacial score (nSPS) is 11.6. The van der Waals surface area contributed by atoms with E-state index in [9.17, 15) is 0 Å². The molecule has 0 aliphatic rings. The minimum Gasteiger partial charge on any atom is -0.225 e. The van der Waals surface area contributed by atoms with Crippen molar-refractivity contribution in [2.75, 3.05) is 0 Å². The number of aryl methyl sites for hydroxylation is 3. The number of benzene rings is 5. The molecule has 6 rings (SSSR count). The molecule has 210 valence electrons. The van der Waals surface area contributed by atoms with Gasteiger partial charge in [0.15, 0.2) is 11.0 Å². The number of hydrogen-bond donors (Lipinski definition) is 0. The van der Waals surface area contributed by atoms with E-state index in [0.717, 1.165) is 0 Å². The third-order valence-electron chi connectivity index (χ3n) is 8.59. The summed E-state index contributed by atoms with van der Waals surface area (Å²) in [6.45, 7) is 13.8. The van der Waals surface area contributed by atoms with Gasteiger partial charge in [0, 0.05) is 11.1 Å². The molecular formula is C40H41N2+. The van der Waals surface area contributed by atoms with Crippen LogP contribution < -0.4 is 4.57 Å². The van der Waals surface area contributed by atoms with Crippen LogP contribution in [0.1, 0.15) is 61.8 Å². The predicted molar refractivity (Wildman–Crippen MR) is 178 cm³/mol. The summed E-state index contributed by atoms with van der Waals surface area (Å²) in [4.78, 5) is 0. The highest BCUT2D eigenvalue weighted by molar-refractivity contribution is 5.84. The number of imidazole rings is 1. The fraction of sp³-hybridized carbons (Fsp3) is 0.225. The van der Waals surface area contributed by atoms with Crippen molar-refractivity contribution < 1.29 is 4.57 Å². The Kier molecular flexibility index (Phi) is 7.33. The fourth-order valence-corrected chi connectivity index (χ4v) is 6.29. The van der Waals surface area contributed by atoms with E-state index in [2.05, 4.69) is 167 Å². The third kappa shape index (κ3) is 4.86. The molecule has 2 nitrogen and oxygen atoms in total. The first-order valence-electron chi connectivity index (χ1n) is 15.2. The van der Waals surface area contributed by atoms with Crippen LogP contribution in [0.25, 0.3) is 50.4 Å². The molecule has 0 saturated carbocycles. The largest absolute Gasteiger partial charge is 0.295 e. The zero-order chi connectivity index (χ0) is 29.5. The molecule has 1 heterocycles. The molecule has 0 radical (unpaired) electrons. The summed E-state index contributed by atoms with van der Waals surface area (Å²) >= 11 is 0. The van der Waals surface area contributed by atoms with Crippen LogP contribution in [0.2, 0.25) is 0 Å². The second-order valence-electron chi connectivity index (χ2n) is 12.3. The predicted octanol–water partition coefficient (Wildman–Crippen LogP) is 10.3. The Balaban J connectivity index is 1.74. The van der Waals surface area contributed by atoms with Gasteiger partial charge in [0.1, 0.15) is 5.69 Å². The molecule has 6 aromatic rings. The van der Waals surface area contributed by atoms with Crippen molar-refractivity contribution in [1.29, 1.82) is 0 Å². The first kappa shape index (κ1) is 27.7. The summed E-state index contributed by atoms with van der Waals surface area (Å²) in [5.41, 5.74) is 15.3. The van der Waals surface area contributed by atoms with E-state index in [4.69, 9.17) is 0 Å². The molecule has 0 fully saturated rings. The van der Waals surface area contributed by atoms with Gasteiger partial charge in [-0.1, -0.05) is 107 Å². The summed E-state index contributed by atoms with van der Waals surface area (Å²) in [6.07, 6.45) is 0. The van der Waals surface area contributed by atoms with Crippen LogP contribution in [0.3, 0.4) is 0 Å². The van der Waals surface area contributed by atoms with E-state index < -0.39 is 0 Å². The lowest BCUT2D eigenvalue weighted by Crippen LogP contribution is -2.30. The van der Waals surface area contributed by atoms with Gasteiger partial charge in [0.25, 0.3) is 5.82 Å². The van der Waals surface area contributed by atoms with Gasteiger partial charge in [-0.2, -0.15) is 4.57 Å². The second kappa shape index (κ2) is 11.1. The van der Waals surface area contributed by atoms with E-state index >= 15 is 0 Å². The monoisotopic (exact) mass is 549 g/mol. The van der Waals surface area contributed by atoms with Crippen molar-refractivity contribution in [2.24, 2.45) is 7.05 Å². The van der Waals surface area contributed by atoms with E-state index in [0.29, 0.717) is 11.8 Å². The van der Waals surface area contributed by atoms with Gasteiger partial charge in [-0.3, -0.25) is 0 Å². The quantitative estimate of drug-likeness (QED) is 0.183. The lowest BCUT2D eigenvalue weighted by Gasteiger charge is -2.21. The molecule has 0 saturated heterocycles. The number of rotatable bonds is 6. The van der Waals surface area contributed by atoms with E-state index in [-0.39, 0.29) is 0 Å². The van der Waals surface area contributed by atoms with Crippen molar-refractivity contribution in [3.8, 4) is 39.3 Å². The maximum Gasteiger partial charge on any atom is 0.295 e. The van der Waals surface area contributed by atoms with E-state index in [1.165, 1.54) is 72.6 Å². The highest BCUT2D eigenvalue weighted by Gasteiger charge is 2.32. The Bertz CT molecular complexity index is 1860. The van der Waals surface area contributed by atoms with Crippen LogP contribution in [0.4, 0.5) is 0 Å². The van der Waals surface area contributed by atoms with Crippen molar-refractivity contribution >= 4 is 11.0 Å². The number of hydrogen-bond acceptors (Lipinski definition) is 0. The Morgan fingerprint density at radius 3 is 1.71 bits per heavy atom. The van der Waals surface area contributed by atoms with Crippen LogP contribution >= 0.6 is 0 Å². The maximum atomic E-state index is 2.57. The van der Waals surface area contributed by atoms with E-state index in [1.54, 1.807) is 0 Å². The molecular weight excluding hydrogens is 508 g/mol. The second-order valence-corrected chi connectivity index (χ2v) is 12.3. The van der Waals surface area contributed by atoms with Gasteiger partial charge in [0.05, 0.1) is 12.6 Å². The van der Waals surface area contributed by atoms with Crippen LogP contribution in [-0.2, 0) is 7.05 Å². The summed E-state index contributed by atoms with van der Waals surface area (Å²) in [6, 6.07) is 40.2. The van der Waals surface area contributed by atoms with Crippen LogP contribution in [-0.4, -0.2) is 4.57 Å². The maximum absolute atomic E-state index is 2.57. The molecule has 0 bridgehead atoms. The molecule has 0 unspecified atom stereocenters. The van der Waals surface area contributed by atoms with Crippen molar-refractivity contribution in [3.63, 3.8) is 0 Å².